The zero-order valence-electron chi connectivity index (χ0n) is 9.69. The van der Waals surface area contributed by atoms with E-state index >= 15 is 0 Å². The molecule has 0 saturated heterocycles. The Labute approximate surface area is 101 Å². The van der Waals surface area contributed by atoms with Crippen LogP contribution in [0.25, 0.3) is 0 Å². The van der Waals surface area contributed by atoms with Crippen molar-refractivity contribution < 1.29 is 14.6 Å². The number of phenols is 1. The van der Waals surface area contributed by atoms with Gasteiger partial charge in [-0.1, -0.05) is 18.1 Å². The number of phenolic OH excluding ortho intramolecular Hbond substituents is 1. The molecule has 90 valence electrons. The van der Waals surface area contributed by atoms with Gasteiger partial charge in [-0.2, -0.15) is 0 Å². The summed E-state index contributed by atoms with van der Waals surface area (Å²) in [5.41, 5.74) is 1.69. The van der Waals surface area contributed by atoms with E-state index < -0.39 is 0 Å². The molecule has 0 radical (unpaired) electrons. The fourth-order valence-corrected chi connectivity index (χ4v) is 1.27. The highest BCUT2D eigenvalue weighted by atomic mass is 16.5. The smallest absolute Gasteiger partial charge is 0.246 e. The third-order valence-corrected chi connectivity index (χ3v) is 2.15. The van der Waals surface area contributed by atoms with Crippen LogP contribution >= 0.6 is 0 Å². The number of nitrogens with one attached hydrogen (secondary N) is 1. The van der Waals surface area contributed by atoms with Gasteiger partial charge in [-0.25, -0.2) is 0 Å². The molecule has 0 atom stereocenters. The van der Waals surface area contributed by atoms with Crippen LogP contribution in [0.15, 0.2) is 18.2 Å². The Hall–Kier alpha value is -1.99. The van der Waals surface area contributed by atoms with Crippen molar-refractivity contribution in [1.82, 2.24) is 5.32 Å². The van der Waals surface area contributed by atoms with Gasteiger partial charge in [-0.3, -0.25) is 4.79 Å². The summed E-state index contributed by atoms with van der Waals surface area (Å²) in [4.78, 5) is 11.1. The Bertz CT molecular complexity index is 435. The molecular formula is C13H15NO3. The largest absolute Gasteiger partial charge is 0.508 e. The van der Waals surface area contributed by atoms with E-state index in [0.717, 1.165) is 11.1 Å². The minimum atomic E-state index is -0.238. The molecule has 0 unspecified atom stereocenters. The summed E-state index contributed by atoms with van der Waals surface area (Å²) in [5, 5.41) is 11.8. The number of hydrogen-bond donors (Lipinski definition) is 2. The van der Waals surface area contributed by atoms with E-state index in [1.807, 2.05) is 6.07 Å². The van der Waals surface area contributed by atoms with Gasteiger partial charge in [0.25, 0.3) is 0 Å². The maximum absolute atomic E-state index is 11.1. The van der Waals surface area contributed by atoms with Crippen LogP contribution in [0.2, 0.25) is 0 Å². The summed E-state index contributed by atoms with van der Waals surface area (Å²) in [6.45, 7) is 2.31. The Morgan fingerprint density at radius 1 is 1.59 bits per heavy atom. The lowest BCUT2D eigenvalue weighted by Gasteiger charge is -2.06. The van der Waals surface area contributed by atoms with Crippen molar-refractivity contribution in [2.45, 2.75) is 13.5 Å². The van der Waals surface area contributed by atoms with E-state index in [1.54, 1.807) is 19.1 Å². The van der Waals surface area contributed by atoms with Gasteiger partial charge in [0.2, 0.25) is 5.91 Å². The van der Waals surface area contributed by atoms with Crippen LogP contribution in [0.1, 0.15) is 11.1 Å². The number of terminal acetylenes is 1. The molecule has 0 spiro atoms. The van der Waals surface area contributed by atoms with Gasteiger partial charge < -0.3 is 15.2 Å². The average molecular weight is 233 g/mol. The summed E-state index contributed by atoms with van der Waals surface area (Å²) >= 11 is 0. The second-order valence-corrected chi connectivity index (χ2v) is 3.59. The quantitative estimate of drug-likeness (QED) is 0.745. The molecule has 4 heteroatoms. The molecule has 0 saturated carbocycles. The highest BCUT2D eigenvalue weighted by Gasteiger charge is 2.01. The second kappa shape index (κ2) is 6.56. The Balaban J connectivity index is 2.33. The highest BCUT2D eigenvalue weighted by Crippen LogP contribution is 2.17. The van der Waals surface area contributed by atoms with Crippen molar-refractivity contribution in [1.29, 1.82) is 0 Å². The zero-order valence-corrected chi connectivity index (χ0v) is 9.69. The molecule has 0 fully saturated rings. The molecule has 0 aliphatic heterocycles. The topological polar surface area (TPSA) is 58.6 Å². The van der Waals surface area contributed by atoms with E-state index in [1.165, 1.54) is 0 Å². The molecule has 0 aromatic heterocycles. The Morgan fingerprint density at radius 3 is 3.00 bits per heavy atom. The Morgan fingerprint density at radius 2 is 2.35 bits per heavy atom. The minimum absolute atomic E-state index is 0.0262. The minimum Gasteiger partial charge on any atom is -0.508 e. The number of carbonyl (C=O) groups is 1. The molecule has 0 heterocycles. The molecule has 17 heavy (non-hydrogen) atoms. The van der Waals surface area contributed by atoms with E-state index in [4.69, 9.17) is 11.2 Å². The van der Waals surface area contributed by atoms with E-state index in [9.17, 15) is 9.90 Å². The van der Waals surface area contributed by atoms with Crippen molar-refractivity contribution in [3.63, 3.8) is 0 Å². The van der Waals surface area contributed by atoms with Crippen molar-refractivity contribution in [2.24, 2.45) is 0 Å². The number of hydrogen-bond acceptors (Lipinski definition) is 3. The summed E-state index contributed by atoms with van der Waals surface area (Å²) in [7, 11) is 0. The van der Waals surface area contributed by atoms with Gasteiger partial charge in [0.15, 0.2) is 0 Å². The number of aryl methyl sites for hydroxylation is 1. The number of rotatable bonds is 5. The van der Waals surface area contributed by atoms with Gasteiger partial charge in [-0.05, 0) is 24.1 Å². The van der Waals surface area contributed by atoms with Gasteiger partial charge >= 0.3 is 0 Å². The van der Waals surface area contributed by atoms with Crippen LogP contribution in [0, 0.1) is 19.3 Å². The summed E-state index contributed by atoms with van der Waals surface area (Å²) < 4.78 is 5.21. The predicted octanol–water partition coefficient (Wildman–Crippen LogP) is 0.967. The summed E-state index contributed by atoms with van der Waals surface area (Å²) in [6, 6.07) is 5.17. The first-order chi connectivity index (χ1) is 8.13. The van der Waals surface area contributed by atoms with Crippen molar-refractivity contribution >= 4 is 5.91 Å². The lowest BCUT2D eigenvalue weighted by molar-refractivity contribution is -0.125. The number of amides is 1. The molecular weight excluding hydrogens is 218 g/mol. The van der Waals surface area contributed by atoms with Crippen LogP contribution in [0.4, 0.5) is 0 Å². The SMILES string of the molecule is C#CCNC(=O)COCc1ccc(O)c(C)c1. The van der Waals surface area contributed by atoms with E-state index in [-0.39, 0.29) is 24.8 Å². The number of benzene rings is 1. The first-order valence-electron chi connectivity index (χ1n) is 5.20. The average Bonchev–Trinajstić information content (AvgIpc) is 2.31. The third kappa shape index (κ3) is 4.58. The Kier molecular flexibility index (Phi) is 5.05. The molecule has 1 aromatic rings. The molecule has 0 aliphatic rings. The number of carbonyl (C=O) groups excluding carboxylic acids is 1. The maximum atomic E-state index is 11.1. The normalized spacial score (nSPS) is 9.65. The van der Waals surface area contributed by atoms with Crippen LogP contribution in [-0.2, 0) is 16.1 Å². The van der Waals surface area contributed by atoms with Gasteiger partial charge in [0, 0.05) is 0 Å². The number of aromatic hydroxyl groups is 1. The lowest BCUT2D eigenvalue weighted by Crippen LogP contribution is -2.27. The molecule has 1 rings (SSSR count). The lowest BCUT2D eigenvalue weighted by atomic mass is 10.1. The van der Waals surface area contributed by atoms with Gasteiger partial charge in [0.05, 0.1) is 13.2 Å². The van der Waals surface area contributed by atoms with Crippen LogP contribution in [0.5, 0.6) is 5.75 Å². The third-order valence-electron chi connectivity index (χ3n) is 2.15. The second-order valence-electron chi connectivity index (χ2n) is 3.59. The monoisotopic (exact) mass is 233 g/mol. The van der Waals surface area contributed by atoms with Crippen LogP contribution in [0.3, 0.4) is 0 Å². The zero-order chi connectivity index (χ0) is 12.7. The van der Waals surface area contributed by atoms with Crippen molar-refractivity contribution in [2.75, 3.05) is 13.2 Å². The van der Waals surface area contributed by atoms with E-state index in [0.29, 0.717) is 6.61 Å². The highest BCUT2D eigenvalue weighted by molar-refractivity contribution is 5.77. The van der Waals surface area contributed by atoms with Crippen molar-refractivity contribution in [3.05, 3.63) is 29.3 Å². The predicted molar refractivity (Wildman–Crippen MR) is 64.3 cm³/mol. The maximum Gasteiger partial charge on any atom is 0.246 e. The molecule has 1 amide bonds. The molecule has 2 N–H and O–H groups in total. The van der Waals surface area contributed by atoms with E-state index in [2.05, 4.69) is 11.2 Å². The van der Waals surface area contributed by atoms with Crippen LogP contribution in [-0.4, -0.2) is 24.2 Å². The fraction of sp³-hybridized carbons (Fsp3) is 0.308. The first kappa shape index (κ1) is 13.1. The molecule has 1 aromatic carbocycles. The first-order valence-corrected chi connectivity index (χ1v) is 5.20. The van der Waals surface area contributed by atoms with Crippen LogP contribution < -0.4 is 5.32 Å². The number of ether oxygens (including phenoxy) is 1. The standard InChI is InChI=1S/C13H15NO3/c1-3-6-14-13(16)9-17-8-11-4-5-12(15)10(2)7-11/h1,4-5,7,15H,6,8-9H2,2H3,(H,14,16). The van der Waals surface area contributed by atoms with Gasteiger partial charge in [0.1, 0.15) is 12.4 Å². The van der Waals surface area contributed by atoms with Gasteiger partial charge in [-0.15, -0.1) is 6.42 Å². The summed E-state index contributed by atoms with van der Waals surface area (Å²) in [5.74, 6) is 2.32. The molecule has 4 nitrogen and oxygen atoms in total. The summed E-state index contributed by atoms with van der Waals surface area (Å²) in [6.07, 6.45) is 5.00. The van der Waals surface area contributed by atoms with Crippen molar-refractivity contribution in [3.8, 4) is 18.1 Å². The molecule has 0 aliphatic carbocycles. The fourth-order valence-electron chi connectivity index (χ4n) is 1.27. The molecule has 0 bridgehead atoms.